The predicted octanol–water partition coefficient (Wildman–Crippen LogP) is 3.39. The van der Waals surface area contributed by atoms with Gasteiger partial charge in [-0.3, -0.25) is 4.79 Å². The van der Waals surface area contributed by atoms with Gasteiger partial charge in [-0.1, -0.05) is 6.07 Å². The van der Waals surface area contributed by atoms with Gasteiger partial charge in [0, 0.05) is 8.47 Å². The van der Waals surface area contributed by atoms with Crippen molar-refractivity contribution in [2.24, 2.45) is 0 Å². The van der Waals surface area contributed by atoms with Crippen LogP contribution < -0.4 is 0 Å². The molecule has 0 amide bonds. The molecule has 0 saturated heterocycles. The van der Waals surface area contributed by atoms with E-state index in [1.54, 1.807) is 0 Å². The summed E-state index contributed by atoms with van der Waals surface area (Å²) in [7, 11) is 0. The second-order valence-corrected chi connectivity index (χ2v) is 6.42. The van der Waals surface area contributed by atoms with Crippen LogP contribution in [0.15, 0.2) is 29.2 Å². The molecule has 0 spiro atoms. The molecular weight excluding hydrogens is 323 g/mol. The summed E-state index contributed by atoms with van der Waals surface area (Å²) >= 11 is 3.74. The molecule has 80 valence electrons. The zero-order valence-corrected chi connectivity index (χ0v) is 11.0. The Kier molecular flexibility index (Phi) is 3.25. The molecule has 0 atom stereocenters. The lowest BCUT2D eigenvalue weighted by Gasteiger charge is -2.36. The minimum Gasteiger partial charge on any atom is -0.480 e. The summed E-state index contributed by atoms with van der Waals surface area (Å²) in [6.45, 7) is 0. The SMILES string of the molecule is O=C(O)C1(Sc2cccc(I)c2)CCC1. The second-order valence-electron chi connectivity index (χ2n) is 3.71. The highest BCUT2D eigenvalue weighted by Crippen LogP contribution is 2.47. The van der Waals surface area contributed by atoms with Crippen molar-refractivity contribution in [3.63, 3.8) is 0 Å². The Morgan fingerprint density at radius 1 is 1.47 bits per heavy atom. The van der Waals surface area contributed by atoms with Crippen LogP contribution in [0.5, 0.6) is 0 Å². The summed E-state index contributed by atoms with van der Waals surface area (Å²) in [5.74, 6) is -0.669. The van der Waals surface area contributed by atoms with Gasteiger partial charge < -0.3 is 5.11 Å². The van der Waals surface area contributed by atoms with Gasteiger partial charge in [-0.05, 0) is 60.1 Å². The highest BCUT2D eigenvalue weighted by molar-refractivity contribution is 14.1. The number of benzene rings is 1. The Hall–Kier alpha value is -0.230. The summed E-state index contributed by atoms with van der Waals surface area (Å²) in [4.78, 5) is 12.2. The molecule has 0 aliphatic heterocycles. The molecule has 1 aromatic rings. The summed E-state index contributed by atoms with van der Waals surface area (Å²) in [5.41, 5.74) is 0. The highest BCUT2D eigenvalue weighted by Gasteiger charge is 2.45. The molecule has 2 nitrogen and oxygen atoms in total. The molecule has 1 fully saturated rings. The van der Waals surface area contributed by atoms with E-state index in [0.717, 1.165) is 27.7 Å². The zero-order valence-electron chi connectivity index (χ0n) is 8.07. The molecule has 1 aliphatic carbocycles. The van der Waals surface area contributed by atoms with Crippen molar-refractivity contribution in [1.29, 1.82) is 0 Å². The van der Waals surface area contributed by atoms with E-state index < -0.39 is 10.7 Å². The second kappa shape index (κ2) is 4.33. The third-order valence-electron chi connectivity index (χ3n) is 2.66. The van der Waals surface area contributed by atoms with Gasteiger partial charge in [0.25, 0.3) is 0 Å². The van der Waals surface area contributed by atoms with E-state index in [9.17, 15) is 9.90 Å². The molecule has 0 heterocycles. The number of aliphatic carboxylic acids is 1. The Morgan fingerprint density at radius 3 is 2.67 bits per heavy atom. The molecule has 1 N–H and O–H groups in total. The van der Waals surface area contributed by atoms with Crippen molar-refractivity contribution in [3.8, 4) is 0 Å². The number of halogens is 1. The van der Waals surface area contributed by atoms with E-state index >= 15 is 0 Å². The van der Waals surface area contributed by atoms with Gasteiger partial charge in [0.05, 0.1) is 0 Å². The van der Waals surface area contributed by atoms with Crippen LogP contribution in [-0.4, -0.2) is 15.8 Å². The van der Waals surface area contributed by atoms with Crippen LogP contribution in [0.2, 0.25) is 0 Å². The topological polar surface area (TPSA) is 37.3 Å². The van der Waals surface area contributed by atoms with Gasteiger partial charge >= 0.3 is 5.97 Å². The van der Waals surface area contributed by atoms with Crippen LogP contribution in [0.4, 0.5) is 0 Å². The van der Waals surface area contributed by atoms with Crippen LogP contribution >= 0.6 is 34.4 Å². The zero-order chi connectivity index (χ0) is 10.9. The summed E-state index contributed by atoms with van der Waals surface area (Å²) < 4.78 is 0.599. The van der Waals surface area contributed by atoms with E-state index in [1.165, 1.54) is 11.8 Å². The first-order valence-electron chi connectivity index (χ1n) is 4.80. The molecule has 1 aliphatic rings. The molecule has 2 rings (SSSR count). The lowest BCUT2D eigenvalue weighted by Crippen LogP contribution is -2.41. The van der Waals surface area contributed by atoms with Crippen molar-refractivity contribution in [3.05, 3.63) is 27.8 Å². The first-order chi connectivity index (χ1) is 7.12. The number of hydrogen-bond donors (Lipinski definition) is 1. The highest BCUT2D eigenvalue weighted by atomic mass is 127. The largest absolute Gasteiger partial charge is 0.480 e. The minimum absolute atomic E-state index is 0.551. The monoisotopic (exact) mass is 334 g/mol. The maximum Gasteiger partial charge on any atom is 0.320 e. The van der Waals surface area contributed by atoms with Crippen LogP contribution in [0.25, 0.3) is 0 Å². The fourth-order valence-electron chi connectivity index (χ4n) is 1.61. The molecule has 1 aromatic carbocycles. The van der Waals surface area contributed by atoms with Crippen LogP contribution in [0.3, 0.4) is 0 Å². The Morgan fingerprint density at radius 2 is 2.20 bits per heavy atom. The molecule has 0 radical (unpaired) electrons. The van der Waals surface area contributed by atoms with Crippen LogP contribution in [0, 0.1) is 3.57 Å². The van der Waals surface area contributed by atoms with Crippen molar-refractivity contribution in [1.82, 2.24) is 0 Å². The fraction of sp³-hybridized carbons (Fsp3) is 0.364. The minimum atomic E-state index is -0.669. The Bertz CT molecular complexity index is 388. The average molecular weight is 334 g/mol. The molecule has 15 heavy (non-hydrogen) atoms. The number of thioether (sulfide) groups is 1. The van der Waals surface area contributed by atoms with Gasteiger partial charge in [-0.15, -0.1) is 11.8 Å². The summed E-state index contributed by atoms with van der Waals surface area (Å²) in [5, 5.41) is 9.19. The van der Waals surface area contributed by atoms with Crippen LogP contribution in [0.1, 0.15) is 19.3 Å². The van der Waals surface area contributed by atoms with Crippen LogP contribution in [-0.2, 0) is 4.79 Å². The maximum atomic E-state index is 11.2. The number of carbonyl (C=O) groups is 1. The van der Waals surface area contributed by atoms with Crippen molar-refractivity contribution >= 4 is 40.3 Å². The molecule has 0 bridgehead atoms. The standard InChI is InChI=1S/C11H11IO2S/c12-8-3-1-4-9(7-8)15-11(10(13)14)5-2-6-11/h1,3-4,7H,2,5-6H2,(H,13,14). The predicted molar refractivity (Wildman–Crippen MR) is 69.2 cm³/mol. The van der Waals surface area contributed by atoms with E-state index in [2.05, 4.69) is 22.6 Å². The summed E-state index contributed by atoms with van der Waals surface area (Å²) in [6.07, 6.45) is 2.61. The first-order valence-corrected chi connectivity index (χ1v) is 6.70. The van der Waals surface area contributed by atoms with E-state index in [-0.39, 0.29) is 0 Å². The quantitative estimate of drug-likeness (QED) is 0.861. The lowest BCUT2D eigenvalue weighted by atomic mass is 9.84. The van der Waals surface area contributed by atoms with Gasteiger partial charge in [0.15, 0.2) is 0 Å². The lowest BCUT2D eigenvalue weighted by molar-refractivity contribution is -0.142. The number of rotatable bonds is 3. The third-order valence-corrected chi connectivity index (χ3v) is 4.79. The van der Waals surface area contributed by atoms with Gasteiger partial charge in [0.1, 0.15) is 4.75 Å². The van der Waals surface area contributed by atoms with Crippen molar-refractivity contribution < 1.29 is 9.90 Å². The van der Waals surface area contributed by atoms with Gasteiger partial charge in [-0.2, -0.15) is 0 Å². The van der Waals surface area contributed by atoms with Crippen molar-refractivity contribution in [2.75, 3.05) is 0 Å². The van der Waals surface area contributed by atoms with Gasteiger partial charge in [-0.25, -0.2) is 0 Å². The number of hydrogen-bond acceptors (Lipinski definition) is 2. The molecule has 0 unspecified atom stereocenters. The first kappa shape index (κ1) is 11.3. The normalized spacial score (nSPS) is 18.2. The Balaban J connectivity index is 2.17. The fourth-order valence-corrected chi connectivity index (χ4v) is 3.73. The molecule has 0 aromatic heterocycles. The average Bonchev–Trinajstić information content (AvgIpc) is 2.11. The summed E-state index contributed by atoms with van der Waals surface area (Å²) in [6, 6.07) is 8.00. The number of carboxylic acids is 1. The van der Waals surface area contributed by atoms with Crippen molar-refractivity contribution in [2.45, 2.75) is 28.9 Å². The Labute approximate surface area is 107 Å². The molecule has 4 heteroatoms. The number of carboxylic acid groups (broad SMARTS) is 1. The maximum absolute atomic E-state index is 11.2. The third kappa shape index (κ3) is 2.30. The molecular formula is C11H11IO2S. The van der Waals surface area contributed by atoms with E-state index in [0.29, 0.717) is 0 Å². The van der Waals surface area contributed by atoms with E-state index in [4.69, 9.17) is 0 Å². The molecule has 1 saturated carbocycles. The van der Waals surface area contributed by atoms with Gasteiger partial charge in [0.2, 0.25) is 0 Å². The van der Waals surface area contributed by atoms with E-state index in [1.807, 2.05) is 24.3 Å². The smallest absolute Gasteiger partial charge is 0.320 e.